The molecule has 2 atom stereocenters. The normalized spacial score (nSPS) is 14.3. The number of alkyl halides is 6. The van der Waals surface area contributed by atoms with E-state index in [9.17, 15) is 13.6 Å². The molecular weight excluding hydrogens is 499 g/mol. The molecule has 0 spiro atoms. The summed E-state index contributed by atoms with van der Waals surface area (Å²) in [7, 11) is 0. The topological polar surface area (TPSA) is 41.1 Å². The summed E-state index contributed by atoms with van der Waals surface area (Å²) in [4.78, 5) is 12.5. The lowest BCUT2D eigenvalue weighted by Crippen LogP contribution is -2.46. The molecule has 152 valence electrons. The van der Waals surface area contributed by atoms with Crippen molar-refractivity contribution < 1.29 is 13.6 Å². The molecule has 0 aliphatic heterocycles. The highest BCUT2D eigenvalue weighted by molar-refractivity contribution is 6.68. The fraction of sp³-hybridized carbons (Fsp3) is 0.235. The fourth-order valence-corrected chi connectivity index (χ4v) is 3.41. The number of benzene rings is 2. The Kier molecular flexibility index (Phi) is 7.93. The van der Waals surface area contributed by atoms with Crippen LogP contribution < -0.4 is 10.6 Å². The Morgan fingerprint density at radius 3 is 1.21 bits per heavy atom. The van der Waals surface area contributed by atoms with Gasteiger partial charge in [0.2, 0.25) is 7.59 Å². The molecule has 0 saturated carbocycles. The molecule has 0 aliphatic rings. The molecule has 0 unspecified atom stereocenters. The molecule has 0 bridgehead atoms. The van der Waals surface area contributed by atoms with Crippen LogP contribution in [0.15, 0.2) is 48.5 Å². The van der Waals surface area contributed by atoms with Crippen LogP contribution in [0.4, 0.5) is 13.6 Å². The van der Waals surface area contributed by atoms with Crippen LogP contribution in [-0.4, -0.2) is 13.6 Å². The number of carbonyl (C=O) groups excluding carboxylic acids is 1. The molecular formula is C17H12Cl6F2N2O. The zero-order valence-corrected chi connectivity index (χ0v) is 18.2. The van der Waals surface area contributed by atoms with E-state index in [1.165, 1.54) is 24.3 Å². The Labute approximate surface area is 190 Å². The first-order valence-electron chi connectivity index (χ1n) is 7.59. The number of hydrogen-bond acceptors (Lipinski definition) is 1. The molecule has 0 aromatic heterocycles. The lowest BCUT2D eigenvalue weighted by Gasteiger charge is -2.30. The van der Waals surface area contributed by atoms with E-state index >= 15 is 0 Å². The minimum absolute atomic E-state index is 0.337. The SMILES string of the molecule is O=C(N[C@H](c1ccc(F)cc1)C(Cl)(Cl)Cl)N[C@@H](c1ccc(F)cc1)C(Cl)(Cl)Cl. The third-order valence-corrected chi connectivity index (χ3v) is 4.92. The van der Waals surface area contributed by atoms with Crippen LogP contribution in [0.25, 0.3) is 0 Å². The van der Waals surface area contributed by atoms with E-state index in [1.54, 1.807) is 0 Å². The summed E-state index contributed by atoms with van der Waals surface area (Å²) in [5, 5.41) is 4.92. The number of urea groups is 1. The molecule has 0 heterocycles. The summed E-state index contributed by atoms with van der Waals surface area (Å²) in [6.07, 6.45) is 0. The summed E-state index contributed by atoms with van der Waals surface area (Å²) in [5.74, 6) is -0.993. The van der Waals surface area contributed by atoms with Crippen LogP contribution in [0.2, 0.25) is 0 Å². The van der Waals surface area contributed by atoms with E-state index in [-0.39, 0.29) is 0 Å². The van der Waals surface area contributed by atoms with Crippen LogP contribution in [0, 0.1) is 11.6 Å². The lowest BCUT2D eigenvalue weighted by molar-refractivity contribution is 0.233. The van der Waals surface area contributed by atoms with Crippen LogP contribution >= 0.6 is 69.6 Å². The highest BCUT2D eigenvalue weighted by atomic mass is 35.6. The fourth-order valence-electron chi connectivity index (χ4n) is 2.32. The van der Waals surface area contributed by atoms with Crippen molar-refractivity contribution in [1.82, 2.24) is 10.6 Å². The Morgan fingerprint density at radius 2 is 0.964 bits per heavy atom. The molecule has 11 heteroatoms. The zero-order chi connectivity index (χ0) is 21.1. The maximum Gasteiger partial charge on any atom is 0.316 e. The highest BCUT2D eigenvalue weighted by Crippen LogP contribution is 2.41. The smallest absolute Gasteiger partial charge is 0.316 e. The largest absolute Gasteiger partial charge is 0.327 e. The third kappa shape index (κ3) is 6.68. The van der Waals surface area contributed by atoms with Gasteiger partial charge in [-0.25, -0.2) is 13.6 Å². The molecule has 0 fully saturated rings. The second kappa shape index (κ2) is 9.41. The van der Waals surface area contributed by atoms with Crippen molar-refractivity contribution in [2.75, 3.05) is 0 Å². The van der Waals surface area contributed by atoms with E-state index < -0.39 is 37.3 Å². The van der Waals surface area contributed by atoms with Gasteiger partial charge in [-0.05, 0) is 35.4 Å². The van der Waals surface area contributed by atoms with Gasteiger partial charge in [0.05, 0.1) is 0 Å². The van der Waals surface area contributed by atoms with Gasteiger partial charge in [-0.1, -0.05) is 93.9 Å². The predicted molar refractivity (Wildman–Crippen MR) is 111 cm³/mol. The average Bonchev–Trinajstić information content (AvgIpc) is 2.58. The quantitative estimate of drug-likeness (QED) is 0.437. The van der Waals surface area contributed by atoms with Crippen LogP contribution in [0.1, 0.15) is 23.2 Å². The van der Waals surface area contributed by atoms with Crippen molar-refractivity contribution in [3.63, 3.8) is 0 Å². The van der Waals surface area contributed by atoms with Gasteiger partial charge in [0.25, 0.3) is 0 Å². The van der Waals surface area contributed by atoms with E-state index in [4.69, 9.17) is 69.6 Å². The number of rotatable bonds is 4. The molecule has 2 aromatic carbocycles. The Bertz CT molecular complexity index is 739. The summed E-state index contributed by atoms with van der Waals surface area (Å²) in [6.45, 7) is 0. The van der Waals surface area contributed by atoms with Crippen LogP contribution in [-0.2, 0) is 0 Å². The second-order valence-electron chi connectivity index (χ2n) is 5.67. The average molecular weight is 511 g/mol. The van der Waals surface area contributed by atoms with Crippen LogP contribution in [0.5, 0.6) is 0 Å². The first-order chi connectivity index (χ1) is 12.9. The molecule has 0 aliphatic carbocycles. The van der Waals surface area contributed by atoms with Gasteiger partial charge in [-0.2, -0.15) is 0 Å². The molecule has 2 rings (SSSR count). The van der Waals surface area contributed by atoms with Crippen molar-refractivity contribution in [3.05, 3.63) is 71.3 Å². The Balaban J connectivity index is 2.23. The Hall–Kier alpha value is -0.690. The number of halogens is 8. The number of carbonyl (C=O) groups is 1. The zero-order valence-electron chi connectivity index (χ0n) is 13.7. The molecule has 0 saturated heterocycles. The van der Waals surface area contributed by atoms with Crippen LogP contribution in [0.3, 0.4) is 0 Å². The van der Waals surface area contributed by atoms with Gasteiger partial charge < -0.3 is 10.6 Å². The highest BCUT2D eigenvalue weighted by Gasteiger charge is 2.38. The first kappa shape index (κ1) is 23.6. The number of amides is 2. The van der Waals surface area contributed by atoms with E-state index in [0.717, 1.165) is 24.3 Å². The molecule has 2 amide bonds. The molecule has 3 nitrogen and oxygen atoms in total. The van der Waals surface area contributed by atoms with E-state index in [2.05, 4.69) is 10.6 Å². The first-order valence-corrected chi connectivity index (χ1v) is 9.86. The van der Waals surface area contributed by atoms with Crippen molar-refractivity contribution in [2.24, 2.45) is 0 Å². The summed E-state index contributed by atoms with van der Waals surface area (Å²) in [6, 6.07) is 6.93. The monoisotopic (exact) mass is 508 g/mol. The molecule has 28 heavy (non-hydrogen) atoms. The number of nitrogens with one attached hydrogen (secondary N) is 2. The summed E-state index contributed by atoms with van der Waals surface area (Å²) in [5.41, 5.74) is 0.674. The van der Waals surface area contributed by atoms with Gasteiger partial charge in [-0.3, -0.25) is 0 Å². The Morgan fingerprint density at radius 1 is 0.679 bits per heavy atom. The van der Waals surface area contributed by atoms with Crippen molar-refractivity contribution in [1.29, 1.82) is 0 Å². The summed E-state index contributed by atoms with van der Waals surface area (Å²) >= 11 is 35.7. The van der Waals surface area contributed by atoms with Gasteiger partial charge in [-0.15, -0.1) is 0 Å². The van der Waals surface area contributed by atoms with Gasteiger partial charge >= 0.3 is 6.03 Å². The molecule has 2 aromatic rings. The standard InChI is InChI=1S/C17H12Cl6F2N2O/c18-16(19,20)13(9-1-5-11(24)6-2-9)26-15(28)27-14(17(21,22)23)10-3-7-12(25)8-4-10/h1-8,13-14H,(H2,26,27,28)/t13-,14+. The maximum absolute atomic E-state index is 13.2. The van der Waals surface area contributed by atoms with Gasteiger partial charge in [0.15, 0.2) is 0 Å². The second-order valence-corrected chi connectivity index (χ2v) is 10.4. The van der Waals surface area contributed by atoms with Crippen molar-refractivity contribution in [2.45, 2.75) is 19.7 Å². The van der Waals surface area contributed by atoms with Gasteiger partial charge in [0.1, 0.15) is 23.7 Å². The minimum Gasteiger partial charge on any atom is -0.327 e. The van der Waals surface area contributed by atoms with Crippen molar-refractivity contribution in [3.8, 4) is 0 Å². The predicted octanol–water partition coefficient (Wildman–Crippen LogP) is 6.79. The van der Waals surface area contributed by atoms with Gasteiger partial charge in [0, 0.05) is 0 Å². The van der Waals surface area contributed by atoms with Crippen molar-refractivity contribution >= 4 is 75.6 Å². The maximum atomic E-state index is 13.2. The van der Waals surface area contributed by atoms with E-state index in [0.29, 0.717) is 11.1 Å². The number of hydrogen-bond donors (Lipinski definition) is 2. The third-order valence-electron chi connectivity index (χ3n) is 3.61. The molecule has 2 N–H and O–H groups in total. The minimum atomic E-state index is -1.96. The molecule has 0 radical (unpaired) electrons. The van der Waals surface area contributed by atoms with E-state index in [1.807, 2.05) is 0 Å². The summed E-state index contributed by atoms with van der Waals surface area (Å²) < 4.78 is 22.4. The lowest BCUT2D eigenvalue weighted by atomic mass is 10.1.